The Kier molecular flexibility index (Phi) is 14.3. The molecule has 0 aliphatic rings. The van der Waals surface area contributed by atoms with Crippen molar-refractivity contribution in [2.24, 2.45) is 34.0 Å². The molecule has 4 amide bonds. The van der Waals surface area contributed by atoms with Crippen molar-refractivity contribution in [2.45, 2.75) is 77.5 Å². The molecule has 0 aliphatic carbocycles. The standard InChI is InChI=1S/C30H47N9O5/c1-17(2)14-24(38-26(41)21(31)15-19-16-36-22-9-6-5-8-20(19)22)28(43)39-25(18(3)4)29(44)37-23(27(42)34-12-13-40)10-7-11-35-30(32)33/h5-6,8-9,13,16-18,21,23-25,36H,7,10-12,14-15,31H2,1-4H3,(H,34,42)(H,37,44)(H,38,41)(H,39,43)(H4,32,33,35)/t21-,23-,24-,25-/m0/s1. The van der Waals surface area contributed by atoms with Crippen molar-refractivity contribution in [1.29, 1.82) is 0 Å². The topological polar surface area (TPSA) is 240 Å². The van der Waals surface area contributed by atoms with Gasteiger partial charge in [0.15, 0.2) is 5.96 Å². The predicted octanol–water partition coefficient (Wildman–Crippen LogP) is -0.437. The minimum Gasteiger partial charge on any atom is -0.370 e. The van der Waals surface area contributed by atoms with Crippen LogP contribution in [0, 0.1) is 11.8 Å². The van der Waals surface area contributed by atoms with Crippen molar-refractivity contribution in [3.05, 3.63) is 36.0 Å². The van der Waals surface area contributed by atoms with Crippen molar-refractivity contribution < 1.29 is 24.0 Å². The molecule has 0 unspecified atom stereocenters. The van der Waals surface area contributed by atoms with Crippen LogP contribution in [-0.2, 0) is 30.4 Å². The molecule has 0 bridgehead atoms. The van der Waals surface area contributed by atoms with Crippen LogP contribution in [0.25, 0.3) is 10.9 Å². The number of hydrogen-bond donors (Lipinski definition) is 8. The molecule has 14 nitrogen and oxygen atoms in total. The van der Waals surface area contributed by atoms with Crippen molar-refractivity contribution in [3.8, 4) is 0 Å². The molecule has 1 heterocycles. The fraction of sp³-hybridized carbons (Fsp3) is 0.533. The SMILES string of the molecule is CC(C)C[C@H](NC(=O)[C@@H](N)Cc1c[nH]c2ccccc12)C(=O)N[C@H](C(=O)N[C@@H](CCCN=C(N)N)C(=O)NCC=O)C(C)C. The highest BCUT2D eigenvalue weighted by Crippen LogP contribution is 2.19. The molecule has 0 aliphatic heterocycles. The van der Waals surface area contributed by atoms with E-state index in [0.717, 1.165) is 16.5 Å². The van der Waals surface area contributed by atoms with Gasteiger partial charge < -0.3 is 48.2 Å². The largest absolute Gasteiger partial charge is 0.370 e. The fourth-order valence-corrected chi connectivity index (χ4v) is 4.70. The van der Waals surface area contributed by atoms with Gasteiger partial charge in [0.2, 0.25) is 23.6 Å². The molecule has 44 heavy (non-hydrogen) atoms. The van der Waals surface area contributed by atoms with Gasteiger partial charge in [0, 0.05) is 23.6 Å². The lowest BCUT2D eigenvalue weighted by molar-refractivity contribution is -0.135. The first-order chi connectivity index (χ1) is 20.8. The number of hydrogen-bond acceptors (Lipinski definition) is 7. The number of H-pyrrole nitrogens is 1. The Balaban J connectivity index is 2.12. The zero-order chi connectivity index (χ0) is 32.8. The Hall–Kier alpha value is -4.46. The summed E-state index contributed by atoms with van der Waals surface area (Å²) in [5.74, 6) is -2.60. The molecule has 0 saturated heterocycles. The van der Waals surface area contributed by atoms with E-state index in [0.29, 0.717) is 19.1 Å². The number of aliphatic imine (C=N–C) groups is 1. The quantitative estimate of drug-likeness (QED) is 0.0473. The third-order valence-electron chi connectivity index (χ3n) is 6.98. The number of carbonyl (C=O) groups is 5. The molecule has 0 spiro atoms. The predicted molar refractivity (Wildman–Crippen MR) is 169 cm³/mol. The van der Waals surface area contributed by atoms with Gasteiger partial charge in [-0.2, -0.15) is 0 Å². The Morgan fingerprint density at radius 3 is 2.25 bits per heavy atom. The summed E-state index contributed by atoms with van der Waals surface area (Å²) < 4.78 is 0. The number of amides is 4. The average molecular weight is 614 g/mol. The Morgan fingerprint density at radius 1 is 0.932 bits per heavy atom. The number of rotatable bonds is 18. The van der Waals surface area contributed by atoms with Crippen molar-refractivity contribution in [3.63, 3.8) is 0 Å². The van der Waals surface area contributed by atoms with Crippen LogP contribution in [0.4, 0.5) is 0 Å². The van der Waals surface area contributed by atoms with Gasteiger partial charge >= 0.3 is 0 Å². The van der Waals surface area contributed by atoms with Crippen LogP contribution >= 0.6 is 0 Å². The first-order valence-electron chi connectivity index (χ1n) is 14.8. The Labute approximate surface area is 257 Å². The van der Waals surface area contributed by atoms with E-state index in [1.807, 2.05) is 44.3 Å². The van der Waals surface area contributed by atoms with E-state index in [4.69, 9.17) is 17.2 Å². The van der Waals surface area contributed by atoms with Gasteiger partial charge in [-0.15, -0.1) is 0 Å². The van der Waals surface area contributed by atoms with Gasteiger partial charge in [-0.3, -0.25) is 24.2 Å². The van der Waals surface area contributed by atoms with Crippen LogP contribution in [0.15, 0.2) is 35.5 Å². The number of aldehydes is 1. The van der Waals surface area contributed by atoms with Crippen LogP contribution in [0.1, 0.15) is 52.5 Å². The molecule has 11 N–H and O–H groups in total. The highest BCUT2D eigenvalue weighted by atomic mass is 16.2. The lowest BCUT2D eigenvalue weighted by Crippen LogP contribution is -2.59. The number of fused-ring (bicyclic) bond motifs is 1. The number of aromatic nitrogens is 1. The maximum Gasteiger partial charge on any atom is 0.243 e. The fourth-order valence-electron chi connectivity index (χ4n) is 4.70. The molecule has 0 saturated carbocycles. The van der Waals surface area contributed by atoms with Gasteiger partial charge in [0.05, 0.1) is 12.6 Å². The van der Waals surface area contributed by atoms with Crippen LogP contribution in [0.3, 0.4) is 0 Å². The molecular formula is C30H47N9O5. The Bertz CT molecular complexity index is 1300. The van der Waals surface area contributed by atoms with E-state index in [1.54, 1.807) is 13.8 Å². The zero-order valence-corrected chi connectivity index (χ0v) is 25.9. The number of aromatic amines is 1. The summed E-state index contributed by atoms with van der Waals surface area (Å²) in [6, 6.07) is 3.81. The molecule has 2 aromatic rings. The maximum absolute atomic E-state index is 13.5. The summed E-state index contributed by atoms with van der Waals surface area (Å²) in [7, 11) is 0. The number of nitrogens with zero attached hydrogens (tertiary/aromatic N) is 1. The minimum absolute atomic E-state index is 0.0401. The normalized spacial score (nSPS) is 13.9. The van der Waals surface area contributed by atoms with Gasteiger partial charge in [-0.05, 0) is 49.1 Å². The molecule has 2 rings (SSSR count). The summed E-state index contributed by atoms with van der Waals surface area (Å²) in [6.07, 6.45) is 3.48. The number of nitrogens with two attached hydrogens (primary N) is 3. The van der Waals surface area contributed by atoms with Crippen molar-refractivity contribution >= 4 is 46.8 Å². The van der Waals surface area contributed by atoms with Gasteiger partial charge in [0.25, 0.3) is 0 Å². The second-order valence-electron chi connectivity index (χ2n) is 11.5. The summed E-state index contributed by atoms with van der Waals surface area (Å²) in [5.41, 5.74) is 18.8. The van der Waals surface area contributed by atoms with Crippen LogP contribution in [0.5, 0.6) is 0 Å². The van der Waals surface area contributed by atoms with E-state index >= 15 is 0 Å². The molecule has 4 atom stereocenters. The third-order valence-corrected chi connectivity index (χ3v) is 6.98. The van der Waals surface area contributed by atoms with E-state index < -0.39 is 47.8 Å². The first-order valence-corrected chi connectivity index (χ1v) is 14.8. The number of guanidine groups is 1. The van der Waals surface area contributed by atoms with Crippen LogP contribution in [0.2, 0.25) is 0 Å². The molecule has 1 aromatic carbocycles. The highest BCUT2D eigenvalue weighted by molar-refractivity contribution is 5.95. The summed E-state index contributed by atoms with van der Waals surface area (Å²) in [6.45, 7) is 7.34. The van der Waals surface area contributed by atoms with Crippen molar-refractivity contribution in [1.82, 2.24) is 26.3 Å². The molecule has 14 heteroatoms. The average Bonchev–Trinajstić information content (AvgIpc) is 3.37. The lowest BCUT2D eigenvalue weighted by Gasteiger charge is -2.28. The lowest BCUT2D eigenvalue weighted by atomic mass is 9.98. The van der Waals surface area contributed by atoms with Crippen molar-refractivity contribution in [2.75, 3.05) is 13.1 Å². The highest BCUT2D eigenvalue weighted by Gasteiger charge is 2.32. The minimum atomic E-state index is -1.02. The number of benzene rings is 1. The van der Waals surface area contributed by atoms with Gasteiger partial charge in [0.1, 0.15) is 24.4 Å². The first kappa shape index (κ1) is 35.7. The molecule has 1 aromatic heterocycles. The second-order valence-corrected chi connectivity index (χ2v) is 11.5. The third kappa shape index (κ3) is 11.3. The maximum atomic E-state index is 13.5. The zero-order valence-electron chi connectivity index (χ0n) is 25.9. The van der Waals surface area contributed by atoms with E-state index in [1.165, 1.54) is 0 Å². The molecule has 0 radical (unpaired) electrons. The van der Waals surface area contributed by atoms with Crippen LogP contribution in [-0.4, -0.2) is 78.1 Å². The van der Waals surface area contributed by atoms with E-state index in [9.17, 15) is 24.0 Å². The monoisotopic (exact) mass is 613 g/mol. The molecule has 242 valence electrons. The summed E-state index contributed by atoms with van der Waals surface area (Å²) in [5, 5.41) is 11.6. The second kappa shape index (κ2) is 17.6. The summed E-state index contributed by atoms with van der Waals surface area (Å²) in [4.78, 5) is 70.4. The summed E-state index contributed by atoms with van der Waals surface area (Å²) >= 11 is 0. The number of para-hydroxylation sites is 1. The van der Waals surface area contributed by atoms with E-state index in [-0.39, 0.29) is 43.7 Å². The molecule has 0 fully saturated rings. The Morgan fingerprint density at radius 2 is 1.61 bits per heavy atom. The smallest absolute Gasteiger partial charge is 0.243 e. The van der Waals surface area contributed by atoms with E-state index in [2.05, 4.69) is 31.2 Å². The number of carbonyl (C=O) groups excluding carboxylic acids is 5. The molecular weight excluding hydrogens is 566 g/mol. The number of nitrogens with one attached hydrogen (secondary N) is 5. The van der Waals surface area contributed by atoms with Crippen LogP contribution < -0.4 is 38.5 Å². The van der Waals surface area contributed by atoms with Gasteiger partial charge in [-0.1, -0.05) is 45.9 Å². The van der Waals surface area contributed by atoms with Gasteiger partial charge in [-0.25, -0.2) is 0 Å².